The summed E-state index contributed by atoms with van der Waals surface area (Å²) in [7, 11) is 0. The molecule has 0 heterocycles. The lowest BCUT2D eigenvalue weighted by atomic mass is 9.96. The van der Waals surface area contributed by atoms with Crippen LogP contribution in [0, 0.1) is 0 Å². The van der Waals surface area contributed by atoms with E-state index in [1.165, 1.54) is 0 Å². The van der Waals surface area contributed by atoms with E-state index in [-0.39, 0.29) is 12.2 Å². The van der Waals surface area contributed by atoms with Gasteiger partial charge in [-0.05, 0) is 25.7 Å². The van der Waals surface area contributed by atoms with Crippen LogP contribution in [0.1, 0.15) is 51.4 Å². The molecule has 2 aliphatic rings. The molecule has 2 aliphatic carbocycles. The molecule has 0 saturated heterocycles. The summed E-state index contributed by atoms with van der Waals surface area (Å²) in [4.78, 5) is 32.7. The lowest BCUT2D eigenvalue weighted by Gasteiger charge is -2.25. The van der Waals surface area contributed by atoms with Gasteiger partial charge in [-0.3, -0.25) is 9.59 Å². The van der Waals surface area contributed by atoms with E-state index < -0.39 is 0 Å². The van der Waals surface area contributed by atoms with Gasteiger partial charge in [-0.25, -0.2) is 9.78 Å². The second-order valence-corrected chi connectivity index (χ2v) is 4.67. The van der Waals surface area contributed by atoms with E-state index in [4.69, 9.17) is 9.78 Å². The van der Waals surface area contributed by atoms with E-state index in [1.54, 1.807) is 0 Å². The number of Topliss-reactive ketones (excluding diaryl/α,β-unsaturated/α-hetero) is 2. The lowest BCUT2D eigenvalue weighted by Crippen LogP contribution is -2.27. The molecule has 0 aromatic heterocycles. The van der Waals surface area contributed by atoms with Gasteiger partial charge in [0.15, 0.2) is 0 Å². The summed E-state index contributed by atoms with van der Waals surface area (Å²) in [6.07, 6.45) is 5.64. The molecule has 0 aliphatic heterocycles. The minimum absolute atomic E-state index is 0.0651. The first-order valence-corrected chi connectivity index (χ1v) is 6.09. The van der Waals surface area contributed by atoms with Crippen LogP contribution in [0.25, 0.3) is 0 Å². The van der Waals surface area contributed by atoms with Gasteiger partial charge in [0, 0.05) is 25.7 Å². The normalized spacial score (nSPS) is 25.0. The Morgan fingerprint density at radius 2 is 1.00 bits per heavy atom. The van der Waals surface area contributed by atoms with Gasteiger partial charge in [0.1, 0.15) is 11.6 Å². The van der Waals surface area contributed by atoms with Gasteiger partial charge in [-0.2, -0.15) is 0 Å². The molecule has 4 heteroatoms. The molecule has 2 saturated carbocycles. The Hall–Kier alpha value is -0.740. The van der Waals surface area contributed by atoms with Crippen LogP contribution in [0.5, 0.6) is 0 Å². The van der Waals surface area contributed by atoms with Gasteiger partial charge >= 0.3 is 0 Å². The number of hydrogen-bond donors (Lipinski definition) is 0. The topological polar surface area (TPSA) is 52.6 Å². The van der Waals surface area contributed by atoms with Crippen molar-refractivity contribution in [3.05, 3.63) is 0 Å². The predicted molar refractivity (Wildman–Crippen MR) is 56.7 cm³/mol. The summed E-state index contributed by atoms with van der Waals surface area (Å²) in [6.45, 7) is 0. The highest BCUT2D eigenvalue weighted by Crippen LogP contribution is 2.22. The van der Waals surface area contributed by atoms with E-state index in [9.17, 15) is 9.59 Å². The third kappa shape index (κ3) is 3.39. The van der Waals surface area contributed by atoms with Gasteiger partial charge in [-0.1, -0.05) is 0 Å². The van der Waals surface area contributed by atoms with Crippen LogP contribution < -0.4 is 0 Å². The fourth-order valence-electron chi connectivity index (χ4n) is 2.18. The Bertz CT molecular complexity index is 226. The van der Waals surface area contributed by atoms with Crippen LogP contribution in [-0.2, 0) is 19.4 Å². The summed E-state index contributed by atoms with van der Waals surface area (Å²) >= 11 is 0. The van der Waals surface area contributed by atoms with Gasteiger partial charge < -0.3 is 0 Å². The van der Waals surface area contributed by atoms with Crippen LogP contribution in [0.15, 0.2) is 0 Å². The van der Waals surface area contributed by atoms with Crippen molar-refractivity contribution in [3.8, 4) is 0 Å². The molecular formula is C12H18O4. The second kappa shape index (κ2) is 5.55. The van der Waals surface area contributed by atoms with Gasteiger partial charge in [0.2, 0.25) is 0 Å². The molecule has 0 bridgehead atoms. The van der Waals surface area contributed by atoms with Crippen molar-refractivity contribution < 1.29 is 19.4 Å². The number of ketones is 2. The van der Waals surface area contributed by atoms with Gasteiger partial charge in [0.25, 0.3) is 0 Å². The highest BCUT2D eigenvalue weighted by molar-refractivity contribution is 5.79. The Morgan fingerprint density at radius 3 is 1.31 bits per heavy atom. The second-order valence-electron chi connectivity index (χ2n) is 4.67. The maximum absolute atomic E-state index is 11.0. The molecule has 90 valence electrons. The van der Waals surface area contributed by atoms with E-state index >= 15 is 0 Å². The lowest BCUT2D eigenvalue weighted by molar-refractivity contribution is -0.356. The molecule has 0 N–H and O–H groups in total. The Balaban J connectivity index is 1.64. The van der Waals surface area contributed by atoms with E-state index in [0.717, 1.165) is 25.7 Å². The zero-order valence-electron chi connectivity index (χ0n) is 9.44. The third-order valence-electron chi connectivity index (χ3n) is 3.31. The Kier molecular flexibility index (Phi) is 4.07. The summed E-state index contributed by atoms with van der Waals surface area (Å²) < 4.78 is 0. The fourth-order valence-corrected chi connectivity index (χ4v) is 2.18. The van der Waals surface area contributed by atoms with Gasteiger partial charge in [0.05, 0.1) is 12.2 Å². The standard InChI is InChI=1S/C12H18O4/c13-9-1-5-11(6-2-9)15-16-12-7-3-10(14)4-8-12/h11-12H,1-8H2. The summed E-state index contributed by atoms with van der Waals surface area (Å²) in [5.41, 5.74) is 0. The van der Waals surface area contributed by atoms with Crippen molar-refractivity contribution in [2.24, 2.45) is 0 Å². The number of hydrogen-bond acceptors (Lipinski definition) is 4. The molecule has 4 nitrogen and oxygen atoms in total. The summed E-state index contributed by atoms with van der Waals surface area (Å²) in [5, 5.41) is 0. The zero-order chi connectivity index (χ0) is 11.4. The monoisotopic (exact) mass is 226 g/mol. The van der Waals surface area contributed by atoms with E-state index in [0.29, 0.717) is 37.2 Å². The molecule has 0 radical (unpaired) electrons. The molecule has 16 heavy (non-hydrogen) atoms. The average molecular weight is 226 g/mol. The van der Waals surface area contributed by atoms with Crippen molar-refractivity contribution >= 4 is 11.6 Å². The molecule has 0 spiro atoms. The molecule has 0 amide bonds. The molecule has 0 aromatic carbocycles. The summed E-state index contributed by atoms with van der Waals surface area (Å²) in [5.74, 6) is 0.645. The first-order chi connectivity index (χ1) is 7.74. The fraction of sp³-hybridized carbons (Fsp3) is 0.833. The highest BCUT2D eigenvalue weighted by atomic mass is 17.2. The number of rotatable bonds is 3. The number of carbonyl (C=O) groups is 2. The third-order valence-corrected chi connectivity index (χ3v) is 3.31. The van der Waals surface area contributed by atoms with Crippen LogP contribution in [0.3, 0.4) is 0 Å². The Morgan fingerprint density at radius 1 is 0.688 bits per heavy atom. The molecule has 2 rings (SSSR count). The van der Waals surface area contributed by atoms with Crippen molar-refractivity contribution in [2.45, 2.75) is 63.6 Å². The maximum Gasteiger partial charge on any atom is 0.133 e. The van der Waals surface area contributed by atoms with Crippen LogP contribution in [0.4, 0.5) is 0 Å². The molecule has 0 aromatic rings. The SMILES string of the molecule is O=C1CCC(OOC2CCC(=O)CC2)CC1. The van der Waals surface area contributed by atoms with E-state index in [2.05, 4.69) is 0 Å². The molecule has 0 atom stereocenters. The minimum atomic E-state index is 0.0651. The quantitative estimate of drug-likeness (QED) is 0.545. The van der Waals surface area contributed by atoms with Crippen molar-refractivity contribution in [1.29, 1.82) is 0 Å². The van der Waals surface area contributed by atoms with Crippen molar-refractivity contribution in [1.82, 2.24) is 0 Å². The first-order valence-electron chi connectivity index (χ1n) is 6.09. The van der Waals surface area contributed by atoms with Crippen molar-refractivity contribution in [2.75, 3.05) is 0 Å². The van der Waals surface area contributed by atoms with Crippen molar-refractivity contribution in [3.63, 3.8) is 0 Å². The van der Waals surface area contributed by atoms with Crippen LogP contribution >= 0.6 is 0 Å². The Labute approximate surface area is 95.2 Å². The van der Waals surface area contributed by atoms with Crippen LogP contribution in [-0.4, -0.2) is 23.8 Å². The largest absolute Gasteiger partial charge is 0.300 e. The first kappa shape index (κ1) is 11.7. The maximum atomic E-state index is 11.0. The highest BCUT2D eigenvalue weighted by Gasteiger charge is 2.24. The summed E-state index contributed by atoms with van der Waals surface area (Å²) in [6, 6.07) is 0. The minimum Gasteiger partial charge on any atom is -0.300 e. The smallest absolute Gasteiger partial charge is 0.133 e. The number of carbonyl (C=O) groups excluding carboxylic acids is 2. The molecular weight excluding hydrogens is 208 g/mol. The molecule has 0 unspecified atom stereocenters. The predicted octanol–water partition coefficient (Wildman–Crippen LogP) is 1.96. The average Bonchev–Trinajstić information content (AvgIpc) is 2.30. The van der Waals surface area contributed by atoms with E-state index in [1.807, 2.05) is 0 Å². The molecule has 2 fully saturated rings. The van der Waals surface area contributed by atoms with Crippen LogP contribution in [0.2, 0.25) is 0 Å². The van der Waals surface area contributed by atoms with Gasteiger partial charge in [-0.15, -0.1) is 0 Å². The zero-order valence-corrected chi connectivity index (χ0v) is 9.44.